The van der Waals surface area contributed by atoms with Crippen molar-refractivity contribution in [2.24, 2.45) is 5.73 Å². The molecule has 2 aromatic rings. The van der Waals surface area contributed by atoms with Crippen molar-refractivity contribution in [3.8, 4) is 0 Å². The van der Waals surface area contributed by atoms with Gasteiger partial charge in [-0.25, -0.2) is 4.79 Å². The summed E-state index contributed by atoms with van der Waals surface area (Å²) in [5.41, 5.74) is 7.54. The molecule has 0 unspecified atom stereocenters. The Morgan fingerprint density at radius 2 is 2.22 bits per heavy atom. The van der Waals surface area contributed by atoms with Crippen molar-refractivity contribution < 1.29 is 0 Å². The summed E-state index contributed by atoms with van der Waals surface area (Å²) in [5.74, 6) is 0. The van der Waals surface area contributed by atoms with Crippen LogP contribution in [0.5, 0.6) is 0 Å². The van der Waals surface area contributed by atoms with E-state index >= 15 is 0 Å². The van der Waals surface area contributed by atoms with Gasteiger partial charge in [-0.3, -0.25) is 14.1 Å². The third-order valence-electron chi connectivity index (χ3n) is 3.26. The molecule has 1 aliphatic carbocycles. The fourth-order valence-electron chi connectivity index (χ4n) is 2.11. The van der Waals surface area contributed by atoms with E-state index < -0.39 is 0 Å². The third-order valence-corrected chi connectivity index (χ3v) is 3.26. The van der Waals surface area contributed by atoms with E-state index in [0.29, 0.717) is 19.1 Å². The topological polar surface area (TPSA) is 65.8 Å². The van der Waals surface area contributed by atoms with E-state index in [1.807, 2.05) is 29.1 Å². The van der Waals surface area contributed by atoms with E-state index in [4.69, 9.17) is 5.73 Å². The molecule has 0 aliphatic heterocycles. The van der Waals surface area contributed by atoms with Gasteiger partial charge in [-0.1, -0.05) is 0 Å². The average Bonchev–Trinajstić information content (AvgIpc) is 3.17. The first-order valence-electron chi connectivity index (χ1n) is 6.19. The lowest BCUT2D eigenvalue weighted by Crippen LogP contribution is -2.23. The van der Waals surface area contributed by atoms with Gasteiger partial charge >= 0.3 is 5.69 Å². The minimum atomic E-state index is 0.0728. The molecule has 0 aromatic carbocycles. The highest BCUT2D eigenvalue weighted by Crippen LogP contribution is 2.33. The molecule has 0 amide bonds. The van der Waals surface area contributed by atoms with Gasteiger partial charge in [0.05, 0.1) is 12.2 Å². The van der Waals surface area contributed by atoms with Crippen LogP contribution in [0.15, 0.2) is 35.5 Å². The van der Waals surface area contributed by atoms with Crippen LogP contribution in [0.3, 0.4) is 0 Å². The maximum atomic E-state index is 12.1. The largest absolute Gasteiger partial charge is 0.328 e. The Hall–Kier alpha value is -1.88. The summed E-state index contributed by atoms with van der Waals surface area (Å²) in [6, 6.07) is 4.29. The summed E-state index contributed by atoms with van der Waals surface area (Å²) in [7, 11) is 0. The third kappa shape index (κ3) is 2.09. The molecule has 5 heteroatoms. The lowest BCUT2D eigenvalue weighted by Gasteiger charge is -2.03. The van der Waals surface area contributed by atoms with Crippen LogP contribution in [-0.4, -0.2) is 14.1 Å². The highest BCUT2D eigenvalue weighted by Gasteiger charge is 2.25. The predicted molar refractivity (Wildman–Crippen MR) is 68.2 cm³/mol. The molecule has 5 nitrogen and oxygen atoms in total. The van der Waals surface area contributed by atoms with Crippen LogP contribution >= 0.6 is 0 Å². The summed E-state index contributed by atoms with van der Waals surface area (Å²) in [6.07, 6.45) is 7.71. The van der Waals surface area contributed by atoms with Gasteiger partial charge in [-0.15, -0.1) is 0 Å². The predicted octanol–water partition coefficient (Wildman–Crippen LogP) is 0.887. The Labute approximate surface area is 105 Å². The first-order chi connectivity index (χ1) is 8.78. The number of nitrogens with two attached hydrogens (primary N) is 1. The molecule has 18 heavy (non-hydrogen) atoms. The smallest absolute Gasteiger partial charge is 0.325 e. The molecule has 3 rings (SSSR count). The molecule has 1 aliphatic rings. The molecule has 0 saturated heterocycles. The molecular weight excluding hydrogens is 228 g/mol. The SMILES string of the molecule is NCc1cc(Cn2ccn(C3CC3)c2=O)ccn1. The Morgan fingerprint density at radius 1 is 1.39 bits per heavy atom. The maximum absolute atomic E-state index is 12.1. The van der Waals surface area contributed by atoms with Gasteiger partial charge in [0, 0.05) is 31.2 Å². The van der Waals surface area contributed by atoms with Crippen LogP contribution in [0, 0.1) is 0 Å². The number of pyridine rings is 1. The molecule has 0 spiro atoms. The molecule has 0 bridgehead atoms. The summed E-state index contributed by atoms with van der Waals surface area (Å²) < 4.78 is 3.55. The van der Waals surface area contributed by atoms with E-state index in [9.17, 15) is 4.79 Å². The molecule has 1 fully saturated rings. The zero-order valence-corrected chi connectivity index (χ0v) is 10.1. The Morgan fingerprint density at radius 3 is 2.94 bits per heavy atom. The monoisotopic (exact) mass is 244 g/mol. The minimum absolute atomic E-state index is 0.0728. The molecule has 0 atom stereocenters. The minimum Gasteiger partial charge on any atom is -0.325 e. The summed E-state index contributed by atoms with van der Waals surface area (Å²) in [6.45, 7) is 1.000. The van der Waals surface area contributed by atoms with Gasteiger partial charge in [-0.2, -0.15) is 0 Å². The second kappa shape index (κ2) is 4.42. The number of hydrogen-bond acceptors (Lipinski definition) is 3. The second-order valence-corrected chi connectivity index (χ2v) is 4.71. The first-order valence-corrected chi connectivity index (χ1v) is 6.19. The molecular formula is C13H16N4O. The average molecular weight is 244 g/mol. The number of nitrogens with zero attached hydrogens (tertiary/aromatic N) is 3. The fraction of sp³-hybridized carbons (Fsp3) is 0.385. The summed E-state index contributed by atoms with van der Waals surface area (Å²) in [4.78, 5) is 16.2. The molecule has 0 radical (unpaired) electrons. The molecule has 2 heterocycles. The highest BCUT2D eigenvalue weighted by molar-refractivity contribution is 5.16. The van der Waals surface area contributed by atoms with Gasteiger partial charge in [-0.05, 0) is 30.5 Å². The van der Waals surface area contributed by atoms with Crippen molar-refractivity contribution >= 4 is 0 Å². The van der Waals surface area contributed by atoms with Crippen molar-refractivity contribution in [2.45, 2.75) is 32.0 Å². The van der Waals surface area contributed by atoms with E-state index in [-0.39, 0.29) is 5.69 Å². The van der Waals surface area contributed by atoms with E-state index in [2.05, 4.69) is 4.98 Å². The zero-order chi connectivity index (χ0) is 12.5. The van der Waals surface area contributed by atoms with Crippen LogP contribution < -0.4 is 11.4 Å². The van der Waals surface area contributed by atoms with Crippen molar-refractivity contribution in [1.82, 2.24) is 14.1 Å². The van der Waals surface area contributed by atoms with Crippen molar-refractivity contribution in [3.05, 3.63) is 52.5 Å². The number of imidazole rings is 1. The van der Waals surface area contributed by atoms with E-state index in [0.717, 1.165) is 24.1 Å². The lowest BCUT2D eigenvalue weighted by molar-refractivity contribution is 0.655. The normalized spacial score (nSPS) is 14.9. The fourth-order valence-corrected chi connectivity index (χ4v) is 2.11. The number of rotatable bonds is 4. The van der Waals surface area contributed by atoms with E-state index in [1.165, 1.54) is 0 Å². The van der Waals surface area contributed by atoms with Crippen molar-refractivity contribution in [2.75, 3.05) is 0 Å². The van der Waals surface area contributed by atoms with E-state index in [1.54, 1.807) is 10.8 Å². The van der Waals surface area contributed by atoms with Gasteiger partial charge in [0.15, 0.2) is 0 Å². The molecule has 2 aromatic heterocycles. The maximum Gasteiger partial charge on any atom is 0.328 e. The van der Waals surface area contributed by atoms with Gasteiger partial charge in [0.2, 0.25) is 0 Å². The Kier molecular flexibility index (Phi) is 2.76. The highest BCUT2D eigenvalue weighted by atomic mass is 16.1. The van der Waals surface area contributed by atoms with Crippen LogP contribution in [-0.2, 0) is 13.1 Å². The van der Waals surface area contributed by atoms with Crippen LogP contribution in [0.2, 0.25) is 0 Å². The van der Waals surface area contributed by atoms with Crippen LogP contribution in [0.25, 0.3) is 0 Å². The Bertz CT molecular complexity index is 609. The van der Waals surface area contributed by atoms with Gasteiger partial charge in [0.1, 0.15) is 0 Å². The number of aromatic nitrogens is 3. The summed E-state index contributed by atoms with van der Waals surface area (Å²) in [5, 5.41) is 0. The second-order valence-electron chi connectivity index (χ2n) is 4.71. The lowest BCUT2D eigenvalue weighted by atomic mass is 10.2. The Balaban J connectivity index is 1.85. The molecule has 1 saturated carbocycles. The summed E-state index contributed by atoms with van der Waals surface area (Å²) >= 11 is 0. The van der Waals surface area contributed by atoms with Crippen LogP contribution in [0.1, 0.15) is 30.1 Å². The quantitative estimate of drug-likeness (QED) is 0.868. The zero-order valence-electron chi connectivity index (χ0n) is 10.1. The standard InChI is InChI=1S/C13H16N4O/c14-8-11-7-10(3-4-15-11)9-16-5-6-17(13(16)18)12-1-2-12/h3-7,12H,1-2,8-9,14H2. The molecule has 2 N–H and O–H groups in total. The van der Waals surface area contributed by atoms with Crippen molar-refractivity contribution in [3.63, 3.8) is 0 Å². The van der Waals surface area contributed by atoms with Crippen molar-refractivity contribution in [1.29, 1.82) is 0 Å². The molecule has 94 valence electrons. The van der Waals surface area contributed by atoms with Crippen LogP contribution in [0.4, 0.5) is 0 Å². The van der Waals surface area contributed by atoms with Gasteiger partial charge in [0.25, 0.3) is 0 Å². The first kappa shape index (κ1) is 11.2. The van der Waals surface area contributed by atoms with Gasteiger partial charge < -0.3 is 5.73 Å². The number of hydrogen-bond donors (Lipinski definition) is 1.